The zero-order chi connectivity index (χ0) is 13.0. The first-order valence-corrected chi connectivity index (χ1v) is 6.08. The van der Waals surface area contributed by atoms with E-state index in [9.17, 15) is 0 Å². The summed E-state index contributed by atoms with van der Waals surface area (Å²) >= 11 is 0. The summed E-state index contributed by atoms with van der Waals surface area (Å²) in [5, 5.41) is 4.25. The molecule has 0 aliphatic carbocycles. The second-order valence-corrected chi connectivity index (χ2v) is 4.58. The molecule has 2 aromatic rings. The number of nitrogens with zero attached hydrogens (tertiary/aromatic N) is 1. The van der Waals surface area contributed by atoms with Crippen molar-refractivity contribution in [2.45, 2.75) is 20.8 Å². The Morgan fingerprint density at radius 1 is 0.944 bits per heavy atom. The molecule has 2 heteroatoms. The van der Waals surface area contributed by atoms with E-state index >= 15 is 0 Å². The Labute approximate surface area is 108 Å². The average molecular weight is 238 g/mol. The normalized spacial score (nSPS) is 10.8. The first kappa shape index (κ1) is 12.4. The van der Waals surface area contributed by atoms with E-state index in [0.717, 1.165) is 11.3 Å². The fraction of sp³-hybridized carbons (Fsp3) is 0.188. The number of rotatable bonds is 3. The van der Waals surface area contributed by atoms with Gasteiger partial charge < -0.3 is 0 Å². The number of nitrogens with one attached hydrogen (secondary N) is 1. The largest absolute Gasteiger partial charge is 0.278 e. The summed E-state index contributed by atoms with van der Waals surface area (Å²) in [5.74, 6) is 0. The predicted octanol–water partition coefficient (Wildman–Crippen LogP) is 4.06. The Hall–Kier alpha value is -2.09. The molecule has 0 fully saturated rings. The summed E-state index contributed by atoms with van der Waals surface area (Å²) in [6.07, 6.45) is 1.84. The van der Waals surface area contributed by atoms with Crippen molar-refractivity contribution < 1.29 is 0 Å². The zero-order valence-electron chi connectivity index (χ0n) is 11.1. The third-order valence-corrected chi connectivity index (χ3v) is 2.96. The second kappa shape index (κ2) is 5.50. The van der Waals surface area contributed by atoms with Crippen LogP contribution in [0.3, 0.4) is 0 Å². The molecular formula is C16H18N2. The maximum atomic E-state index is 4.25. The molecule has 0 unspecified atom stereocenters. The van der Waals surface area contributed by atoms with E-state index in [1.165, 1.54) is 16.7 Å². The molecule has 0 saturated heterocycles. The standard InChI is InChI=1S/C16H18N2/c1-12-5-4-6-15(9-12)11-17-18-16-8-7-13(2)14(3)10-16/h4-11,18H,1-3H3/b17-11+. The molecule has 2 rings (SSSR count). The Bertz CT molecular complexity index is 571. The minimum absolute atomic E-state index is 1.02. The number of anilines is 1. The molecular weight excluding hydrogens is 220 g/mol. The smallest absolute Gasteiger partial charge is 0.0564 e. The van der Waals surface area contributed by atoms with E-state index in [4.69, 9.17) is 0 Å². The fourth-order valence-electron chi connectivity index (χ4n) is 1.74. The van der Waals surface area contributed by atoms with Crippen molar-refractivity contribution in [2.24, 2.45) is 5.10 Å². The molecule has 18 heavy (non-hydrogen) atoms. The van der Waals surface area contributed by atoms with Crippen molar-refractivity contribution in [1.29, 1.82) is 0 Å². The number of hydrazone groups is 1. The molecule has 0 aromatic heterocycles. The lowest BCUT2D eigenvalue weighted by atomic mass is 10.1. The van der Waals surface area contributed by atoms with Crippen molar-refractivity contribution in [3.05, 3.63) is 64.7 Å². The molecule has 1 N–H and O–H groups in total. The molecule has 0 spiro atoms. The van der Waals surface area contributed by atoms with Gasteiger partial charge in [-0.25, -0.2) is 0 Å². The highest BCUT2D eigenvalue weighted by molar-refractivity contribution is 5.80. The molecule has 0 aliphatic rings. The van der Waals surface area contributed by atoms with E-state index in [0.29, 0.717) is 0 Å². The molecule has 0 bridgehead atoms. The van der Waals surface area contributed by atoms with Gasteiger partial charge >= 0.3 is 0 Å². The highest BCUT2D eigenvalue weighted by Crippen LogP contribution is 2.13. The van der Waals surface area contributed by atoms with Gasteiger partial charge in [0.15, 0.2) is 0 Å². The lowest BCUT2D eigenvalue weighted by Gasteiger charge is -2.04. The van der Waals surface area contributed by atoms with E-state index in [1.807, 2.05) is 24.4 Å². The minimum Gasteiger partial charge on any atom is -0.278 e. The van der Waals surface area contributed by atoms with Crippen LogP contribution in [0.5, 0.6) is 0 Å². The van der Waals surface area contributed by atoms with Gasteiger partial charge in [-0.05, 0) is 49.6 Å². The highest BCUT2D eigenvalue weighted by Gasteiger charge is 1.94. The number of aryl methyl sites for hydroxylation is 3. The Balaban J connectivity index is 2.05. The number of hydrogen-bond acceptors (Lipinski definition) is 2. The number of benzene rings is 2. The molecule has 92 valence electrons. The summed E-state index contributed by atoms with van der Waals surface area (Å²) in [6.45, 7) is 6.29. The summed E-state index contributed by atoms with van der Waals surface area (Å²) < 4.78 is 0. The van der Waals surface area contributed by atoms with Crippen LogP contribution in [0.25, 0.3) is 0 Å². The fourth-order valence-corrected chi connectivity index (χ4v) is 1.74. The van der Waals surface area contributed by atoms with Crippen molar-refractivity contribution in [2.75, 3.05) is 5.43 Å². The van der Waals surface area contributed by atoms with Crippen LogP contribution in [0, 0.1) is 20.8 Å². The number of hydrogen-bond donors (Lipinski definition) is 1. The summed E-state index contributed by atoms with van der Waals surface area (Å²) in [7, 11) is 0. The Morgan fingerprint density at radius 3 is 2.50 bits per heavy atom. The summed E-state index contributed by atoms with van der Waals surface area (Å²) in [4.78, 5) is 0. The van der Waals surface area contributed by atoms with Crippen molar-refractivity contribution in [3.8, 4) is 0 Å². The van der Waals surface area contributed by atoms with Crippen LogP contribution >= 0.6 is 0 Å². The van der Waals surface area contributed by atoms with E-state index in [-0.39, 0.29) is 0 Å². The van der Waals surface area contributed by atoms with Crippen LogP contribution in [0.2, 0.25) is 0 Å². The molecule has 0 aliphatic heterocycles. The molecule has 0 heterocycles. The molecule has 2 nitrogen and oxygen atoms in total. The van der Waals surface area contributed by atoms with Crippen LogP contribution in [-0.4, -0.2) is 6.21 Å². The minimum atomic E-state index is 1.02. The first-order valence-electron chi connectivity index (χ1n) is 6.08. The van der Waals surface area contributed by atoms with Crippen molar-refractivity contribution in [3.63, 3.8) is 0 Å². The van der Waals surface area contributed by atoms with Gasteiger partial charge in [-0.15, -0.1) is 0 Å². The maximum absolute atomic E-state index is 4.25. The molecule has 0 radical (unpaired) electrons. The van der Waals surface area contributed by atoms with Gasteiger partial charge in [-0.3, -0.25) is 5.43 Å². The second-order valence-electron chi connectivity index (χ2n) is 4.58. The van der Waals surface area contributed by atoms with E-state index in [1.54, 1.807) is 0 Å². The summed E-state index contributed by atoms with van der Waals surface area (Å²) in [5.41, 5.74) is 8.97. The van der Waals surface area contributed by atoms with Gasteiger partial charge in [0, 0.05) is 0 Å². The lowest BCUT2D eigenvalue weighted by Crippen LogP contribution is -1.92. The van der Waals surface area contributed by atoms with Gasteiger partial charge in [0.05, 0.1) is 11.9 Å². The average Bonchev–Trinajstić information content (AvgIpc) is 2.34. The molecule has 0 saturated carbocycles. The zero-order valence-corrected chi connectivity index (χ0v) is 11.1. The monoisotopic (exact) mass is 238 g/mol. The van der Waals surface area contributed by atoms with Gasteiger partial charge in [-0.2, -0.15) is 5.10 Å². The van der Waals surface area contributed by atoms with Crippen LogP contribution in [0.1, 0.15) is 22.3 Å². The van der Waals surface area contributed by atoms with Crippen molar-refractivity contribution in [1.82, 2.24) is 0 Å². The quantitative estimate of drug-likeness (QED) is 0.633. The SMILES string of the molecule is Cc1cccc(/C=N/Nc2ccc(C)c(C)c2)c1. The van der Waals surface area contributed by atoms with E-state index < -0.39 is 0 Å². The van der Waals surface area contributed by atoms with Crippen LogP contribution < -0.4 is 5.43 Å². The molecule has 0 amide bonds. The third-order valence-electron chi connectivity index (χ3n) is 2.96. The summed E-state index contributed by atoms with van der Waals surface area (Å²) in [6, 6.07) is 14.5. The van der Waals surface area contributed by atoms with Crippen LogP contribution in [0.15, 0.2) is 47.6 Å². The highest BCUT2D eigenvalue weighted by atomic mass is 15.3. The molecule has 0 atom stereocenters. The Morgan fingerprint density at radius 2 is 1.78 bits per heavy atom. The topological polar surface area (TPSA) is 24.4 Å². The lowest BCUT2D eigenvalue weighted by molar-refractivity contribution is 1.29. The molecule has 2 aromatic carbocycles. The maximum Gasteiger partial charge on any atom is 0.0564 e. The van der Waals surface area contributed by atoms with Crippen LogP contribution in [-0.2, 0) is 0 Å². The Kier molecular flexibility index (Phi) is 3.78. The van der Waals surface area contributed by atoms with Gasteiger partial charge in [0.1, 0.15) is 0 Å². The van der Waals surface area contributed by atoms with Gasteiger partial charge in [-0.1, -0.05) is 35.9 Å². The van der Waals surface area contributed by atoms with E-state index in [2.05, 4.69) is 55.6 Å². The van der Waals surface area contributed by atoms with Crippen LogP contribution in [0.4, 0.5) is 5.69 Å². The third kappa shape index (κ3) is 3.20. The predicted molar refractivity (Wildman–Crippen MR) is 78.3 cm³/mol. The van der Waals surface area contributed by atoms with Crippen molar-refractivity contribution >= 4 is 11.9 Å². The van der Waals surface area contributed by atoms with Gasteiger partial charge in [0.25, 0.3) is 0 Å². The first-order chi connectivity index (χ1) is 8.65. The van der Waals surface area contributed by atoms with Gasteiger partial charge in [0.2, 0.25) is 0 Å².